The maximum atomic E-state index is 13.4. The molecule has 0 aromatic heterocycles. The van der Waals surface area contributed by atoms with Crippen molar-refractivity contribution in [1.29, 1.82) is 0 Å². The molecule has 1 aromatic rings. The maximum Gasteiger partial charge on any atom is 0.246 e. The topological polar surface area (TPSA) is 66.4 Å². The third kappa shape index (κ3) is 4.22. The van der Waals surface area contributed by atoms with E-state index in [-0.39, 0.29) is 18.9 Å². The second-order valence-corrected chi connectivity index (χ2v) is 6.25. The summed E-state index contributed by atoms with van der Waals surface area (Å²) in [6.07, 6.45) is -0.499. The minimum Gasteiger partial charge on any atom is -0.393 e. The van der Waals surface area contributed by atoms with Crippen molar-refractivity contribution in [3.05, 3.63) is 29.8 Å². The molecule has 1 atom stereocenters. The van der Waals surface area contributed by atoms with E-state index in [2.05, 4.69) is 4.72 Å². The molecule has 1 aromatic carbocycles. The summed E-state index contributed by atoms with van der Waals surface area (Å²) < 4.78 is 52.3. The fourth-order valence-electron chi connectivity index (χ4n) is 1.49. The molecule has 0 radical (unpaired) electrons. The number of benzene rings is 1. The predicted octanol–water partition coefficient (Wildman–Crippen LogP) is 1.65. The maximum absolute atomic E-state index is 13.4. The van der Waals surface area contributed by atoms with Gasteiger partial charge in [-0.3, -0.25) is 0 Å². The van der Waals surface area contributed by atoms with Crippen molar-refractivity contribution < 1.29 is 22.3 Å². The third-order valence-electron chi connectivity index (χ3n) is 2.69. The highest BCUT2D eigenvalue weighted by Crippen LogP contribution is 2.18. The number of hydrogen-bond acceptors (Lipinski definition) is 3. The average molecular weight is 293 g/mol. The molecule has 0 spiro atoms. The highest BCUT2D eigenvalue weighted by Gasteiger charge is 2.23. The summed E-state index contributed by atoms with van der Waals surface area (Å²) in [5, 5.41) is 9.52. The molecule has 4 nitrogen and oxygen atoms in total. The average Bonchev–Trinajstić information content (AvgIpc) is 2.27. The van der Waals surface area contributed by atoms with E-state index in [4.69, 9.17) is 0 Å². The Morgan fingerprint density at radius 2 is 1.79 bits per heavy atom. The highest BCUT2D eigenvalue weighted by atomic mass is 32.2. The Morgan fingerprint density at radius 3 is 2.26 bits per heavy atom. The number of rotatable bonds is 6. The molecule has 0 saturated heterocycles. The van der Waals surface area contributed by atoms with Gasteiger partial charge in [-0.05, 0) is 24.5 Å². The Bertz CT molecular complexity index is 512. The smallest absolute Gasteiger partial charge is 0.246 e. The SMILES string of the molecule is CC(C)C(O)CCNS(=O)(=O)c1c(F)cccc1F. The molecule has 2 N–H and O–H groups in total. The standard InChI is InChI=1S/C12H17F2NO3S/c1-8(2)11(16)6-7-15-19(17,18)12-9(13)4-3-5-10(12)14/h3-5,8,11,15-16H,6-7H2,1-2H3. The minimum atomic E-state index is -4.25. The predicted molar refractivity (Wildman–Crippen MR) is 67.0 cm³/mol. The summed E-state index contributed by atoms with van der Waals surface area (Å²) in [4.78, 5) is -0.992. The first-order valence-corrected chi connectivity index (χ1v) is 7.35. The van der Waals surface area contributed by atoms with Crippen LogP contribution in [0.25, 0.3) is 0 Å². The van der Waals surface area contributed by atoms with Crippen LogP contribution in [0.5, 0.6) is 0 Å². The number of aliphatic hydroxyl groups is 1. The fraction of sp³-hybridized carbons (Fsp3) is 0.500. The van der Waals surface area contributed by atoms with Crippen LogP contribution in [0.3, 0.4) is 0 Å². The van der Waals surface area contributed by atoms with E-state index in [1.54, 1.807) is 13.8 Å². The molecule has 1 rings (SSSR count). The van der Waals surface area contributed by atoms with Gasteiger partial charge in [0.2, 0.25) is 10.0 Å². The molecule has 0 fully saturated rings. The second-order valence-electron chi connectivity index (χ2n) is 4.55. The van der Waals surface area contributed by atoms with Gasteiger partial charge in [-0.2, -0.15) is 0 Å². The van der Waals surface area contributed by atoms with Gasteiger partial charge in [0.25, 0.3) is 0 Å². The zero-order valence-corrected chi connectivity index (χ0v) is 11.5. The van der Waals surface area contributed by atoms with Crippen LogP contribution in [0.1, 0.15) is 20.3 Å². The van der Waals surface area contributed by atoms with Gasteiger partial charge in [-0.25, -0.2) is 21.9 Å². The quantitative estimate of drug-likeness (QED) is 0.838. The van der Waals surface area contributed by atoms with Crippen LogP contribution < -0.4 is 4.72 Å². The first kappa shape index (κ1) is 16.0. The molecule has 0 aliphatic rings. The van der Waals surface area contributed by atoms with Crippen molar-refractivity contribution in [3.8, 4) is 0 Å². The van der Waals surface area contributed by atoms with E-state index >= 15 is 0 Å². The molecule has 19 heavy (non-hydrogen) atoms. The zero-order chi connectivity index (χ0) is 14.6. The van der Waals surface area contributed by atoms with Crippen molar-refractivity contribution in [2.75, 3.05) is 6.54 Å². The van der Waals surface area contributed by atoms with Gasteiger partial charge in [-0.1, -0.05) is 19.9 Å². The first-order valence-electron chi connectivity index (χ1n) is 5.87. The lowest BCUT2D eigenvalue weighted by Crippen LogP contribution is -2.30. The van der Waals surface area contributed by atoms with E-state index < -0.39 is 32.7 Å². The molecule has 0 amide bonds. The molecule has 0 bridgehead atoms. The van der Waals surface area contributed by atoms with Crippen molar-refractivity contribution in [1.82, 2.24) is 4.72 Å². The summed E-state index contributed by atoms with van der Waals surface area (Å²) in [6, 6.07) is 2.84. The van der Waals surface area contributed by atoms with Crippen LogP contribution in [-0.2, 0) is 10.0 Å². The van der Waals surface area contributed by atoms with Crippen molar-refractivity contribution >= 4 is 10.0 Å². The molecule has 0 heterocycles. The van der Waals surface area contributed by atoms with Crippen LogP contribution in [0.15, 0.2) is 23.1 Å². The number of aliphatic hydroxyl groups excluding tert-OH is 1. The fourth-order valence-corrected chi connectivity index (χ4v) is 2.67. The molecular weight excluding hydrogens is 276 g/mol. The molecular formula is C12H17F2NO3S. The molecule has 1 unspecified atom stereocenters. The van der Waals surface area contributed by atoms with Gasteiger partial charge in [-0.15, -0.1) is 0 Å². The Hall–Kier alpha value is -1.05. The summed E-state index contributed by atoms with van der Waals surface area (Å²) in [5.74, 6) is -2.30. The number of hydrogen-bond donors (Lipinski definition) is 2. The van der Waals surface area contributed by atoms with Gasteiger partial charge >= 0.3 is 0 Å². The van der Waals surface area contributed by atoms with E-state index in [0.29, 0.717) is 0 Å². The van der Waals surface area contributed by atoms with Crippen molar-refractivity contribution in [2.45, 2.75) is 31.3 Å². The Balaban J connectivity index is 2.77. The molecule has 0 aliphatic carbocycles. The molecule has 0 saturated carbocycles. The van der Waals surface area contributed by atoms with Gasteiger partial charge < -0.3 is 5.11 Å². The summed E-state index contributed by atoms with van der Waals surface area (Å²) in [5.41, 5.74) is 0. The number of sulfonamides is 1. The molecule has 108 valence electrons. The van der Waals surface area contributed by atoms with Gasteiger partial charge in [0.1, 0.15) is 11.6 Å². The summed E-state index contributed by atoms with van der Waals surface area (Å²) >= 11 is 0. The van der Waals surface area contributed by atoms with E-state index in [9.17, 15) is 22.3 Å². The minimum absolute atomic E-state index is 0.0188. The van der Waals surface area contributed by atoms with Crippen LogP contribution in [0, 0.1) is 17.6 Å². The second kappa shape index (κ2) is 6.40. The Labute approximate surface area is 111 Å². The lowest BCUT2D eigenvalue weighted by atomic mass is 10.1. The van der Waals surface area contributed by atoms with Crippen molar-refractivity contribution in [2.24, 2.45) is 5.92 Å². The Kier molecular flexibility index (Phi) is 5.39. The number of halogens is 2. The van der Waals surface area contributed by atoms with Crippen LogP contribution in [0.4, 0.5) is 8.78 Å². The molecule has 0 aliphatic heterocycles. The normalized spacial score (nSPS) is 13.8. The van der Waals surface area contributed by atoms with E-state index in [1.807, 2.05) is 0 Å². The monoisotopic (exact) mass is 293 g/mol. The van der Waals surface area contributed by atoms with Crippen LogP contribution in [0.2, 0.25) is 0 Å². The van der Waals surface area contributed by atoms with Gasteiger partial charge in [0.05, 0.1) is 6.10 Å². The lowest BCUT2D eigenvalue weighted by Gasteiger charge is -2.14. The summed E-state index contributed by atoms with van der Waals surface area (Å²) in [6.45, 7) is 3.49. The van der Waals surface area contributed by atoms with Crippen molar-refractivity contribution in [3.63, 3.8) is 0 Å². The van der Waals surface area contributed by atoms with Crippen LogP contribution in [-0.4, -0.2) is 26.2 Å². The molecule has 7 heteroatoms. The highest BCUT2D eigenvalue weighted by molar-refractivity contribution is 7.89. The van der Waals surface area contributed by atoms with Gasteiger partial charge in [0.15, 0.2) is 4.90 Å². The lowest BCUT2D eigenvalue weighted by molar-refractivity contribution is 0.118. The van der Waals surface area contributed by atoms with E-state index in [1.165, 1.54) is 0 Å². The zero-order valence-electron chi connectivity index (χ0n) is 10.7. The van der Waals surface area contributed by atoms with Gasteiger partial charge in [0, 0.05) is 6.54 Å². The Morgan fingerprint density at radius 1 is 1.26 bits per heavy atom. The third-order valence-corrected chi connectivity index (χ3v) is 4.20. The van der Waals surface area contributed by atoms with E-state index in [0.717, 1.165) is 18.2 Å². The van der Waals surface area contributed by atoms with Crippen LogP contribution >= 0.6 is 0 Å². The number of nitrogens with one attached hydrogen (secondary N) is 1. The largest absolute Gasteiger partial charge is 0.393 e. The summed E-state index contributed by atoms with van der Waals surface area (Å²) in [7, 11) is -4.25. The first-order chi connectivity index (χ1) is 8.75.